The molecule has 4 aromatic carbocycles. The van der Waals surface area contributed by atoms with Crippen molar-refractivity contribution in [3.63, 3.8) is 0 Å². The Balaban J connectivity index is 1.15. The molecule has 1 aliphatic heterocycles. The molecule has 42 heavy (non-hydrogen) atoms. The minimum atomic E-state index is -0.0808. The van der Waals surface area contributed by atoms with Crippen molar-refractivity contribution in [1.82, 2.24) is 5.32 Å². The summed E-state index contributed by atoms with van der Waals surface area (Å²) >= 11 is 0. The second kappa shape index (κ2) is 10.3. The van der Waals surface area contributed by atoms with Gasteiger partial charge in [-0.2, -0.15) is 0 Å². The predicted molar refractivity (Wildman–Crippen MR) is 176 cm³/mol. The van der Waals surface area contributed by atoms with E-state index >= 15 is 0 Å². The summed E-state index contributed by atoms with van der Waals surface area (Å²) in [4.78, 5) is 4.65. The molecule has 200 valence electrons. The van der Waals surface area contributed by atoms with Crippen molar-refractivity contribution in [2.45, 2.75) is 6.17 Å². The molecule has 0 amide bonds. The van der Waals surface area contributed by atoms with Crippen LogP contribution in [0.3, 0.4) is 0 Å². The van der Waals surface area contributed by atoms with Gasteiger partial charge in [0.1, 0.15) is 6.17 Å². The van der Waals surface area contributed by atoms with E-state index < -0.39 is 0 Å². The second-order valence-corrected chi connectivity index (χ2v) is 11.2. The number of hydrogen-bond acceptors (Lipinski definition) is 2. The minimum Gasteiger partial charge on any atom is -0.360 e. The highest BCUT2D eigenvalue weighted by molar-refractivity contribution is 5.87. The van der Waals surface area contributed by atoms with E-state index in [0.29, 0.717) is 11.8 Å². The Bertz CT molecular complexity index is 2020. The number of fused-ring (bicyclic) bond motifs is 4. The van der Waals surface area contributed by atoms with Crippen LogP contribution in [0.5, 0.6) is 0 Å². The standard InChI is InChI=1S/C40H30N2/c1-2-10-27(11-3-1)40-41-23-22-39(42-40)32-15-9-14-30(25-32)28-12-8-13-29(24-28)31-20-21-37-35-18-5-4-16-33(35)34-17-6-7-19-36(34)38(37)26-31/h1-26,33-34,40,42H. The number of allylic oxidation sites excluding steroid dienone is 9. The first-order chi connectivity index (χ1) is 20.8. The first kappa shape index (κ1) is 24.6. The van der Waals surface area contributed by atoms with Gasteiger partial charge in [-0.25, -0.2) is 0 Å². The molecule has 0 radical (unpaired) electrons. The Kier molecular flexibility index (Phi) is 6.04. The number of rotatable bonds is 4. The molecule has 4 aromatic rings. The molecule has 1 heterocycles. The van der Waals surface area contributed by atoms with Gasteiger partial charge in [-0.15, -0.1) is 0 Å². The van der Waals surface area contributed by atoms with Crippen LogP contribution in [0.15, 0.2) is 157 Å². The number of nitrogens with one attached hydrogen (secondary N) is 1. The van der Waals surface area contributed by atoms with Crippen LogP contribution in [0.4, 0.5) is 0 Å². The lowest BCUT2D eigenvalue weighted by Crippen LogP contribution is -2.39. The third-order valence-corrected chi connectivity index (χ3v) is 8.74. The van der Waals surface area contributed by atoms with E-state index in [0.717, 1.165) is 16.8 Å². The summed E-state index contributed by atoms with van der Waals surface area (Å²) < 4.78 is 0. The lowest BCUT2D eigenvalue weighted by atomic mass is 9.72. The largest absolute Gasteiger partial charge is 0.360 e. The Hall–Kier alpha value is -5.21. The summed E-state index contributed by atoms with van der Waals surface area (Å²) in [6.07, 6.45) is 21.9. The molecule has 2 nitrogen and oxygen atoms in total. The molecule has 0 saturated heterocycles. The van der Waals surface area contributed by atoms with Crippen molar-refractivity contribution in [3.8, 4) is 22.3 Å². The molecule has 0 spiro atoms. The third-order valence-electron chi connectivity index (χ3n) is 8.74. The zero-order chi connectivity index (χ0) is 27.9. The second-order valence-electron chi connectivity index (χ2n) is 11.2. The molecule has 2 heteroatoms. The van der Waals surface area contributed by atoms with Gasteiger partial charge in [-0.05, 0) is 79.2 Å². The maximum Gasteiger partial charge on any atom is 0.144 e. The molecule has 3 aliphatic carbocycles. The summed E-state index contributed by atoms with van der Waals surface area (Å²) in [5.41, 5.74) is 11.1. The molecule has 0 saturated carbocycles. The molecule has 0 bridgehead atoms. The quantitative estimate of drug-likeness (QED) is 0.285. The Morgan fingerprint density at radius 1 is 0.524 bits per heavy atom. The highest BCUT2D eigenvalue weighted by Gasteiger charge is 2.28. The van der Waals surface area contributed by atoms with Crippen molar-refractivity contribution >= 4 is 23.1 Å². The van der Waals surface area contributed by atoms with Gasteiger partial charge in [-0.1, -0.05) is 127 Å². The Morgan fingerprint density at radius 2 is 1.14 bits per heavy atom. The molecule has 4 aliphatic rings. The van der Waals surface area contributed by atoms with Gasteiger partial charge >= 0.3 is 0 Å². The first-order valence-corrected chi connectivity index (χ1v) is 14.7. The maximum atomic E-state index is 4.65. The van der Waals surface area contributed by atoms with Gasteiger partial charge in [0.05, 0.1) is 0 Å². The van der Waals surface area contributed by atoms with Crippen molar-refractivity contribution in [2.24, 2.45) is 16.8 Å². The van der Waals surface area contributed by atoms with Crippen molar-refractivity contribution in [3.05, 3.63) is 173 Å². The Labute approximate surface area is 246 Å². The zero-order valence-corrected chi connectivity index (χ0v) is 23.2. The summed E-state index contributed by atoms with van der Waals surface area (Å²) in [5, 5.41) is 6.31. The van der Waals surface area contributed by atoms with E-state index in [1.54, 1.807) is 0 Å². The summed E-state index contributed by atoms with van der Waals surface area (Å²) in [7, 11) is 0. The highest BCUT2D eigenvalue weighted by atomic mass is 15.1. The van der Waals surface area contributed by atoms with Gasteiger partial charge in [-0.3, -0.25) is 4.99 Å². The fourth-order valence-corrected chi connectivity index (χ4v) is 6.66. The van der Waals surface area contributed by atoms with Crippen LogP contribution in [-0.2, 0) is 0 Å². The lowest BCUT2D eigenvalue weighted by molar-refractivity contribution is 0.667. The summed E-state index contributed by atoms with van der Waals surface area (Å²) in [6.45, 7) is 0. The SMILES string of the molecule is C1=CC2=c3ccc(-c4cccc(-c5cccc(C6=CC=NC(c7ccccc7)N6)c5)c4)cc3=C3C=CC=CC3C2C=C1. The van der Waals surface area contributed by atoms with Gasteiger partial charge in [0.25, 0.3) is 0 Å². The fraction of sp³-hybridized carbons (Fsp3) is 0.0750. The predicted octanol–water partition coefficient (Wildman–Crippen LogP) is 7.53. The number of aliphatic imine (C=N–C) groups is 1. The van der Waals surface area contributed by atoms with Crippen molar-refractivity contribution < 1.29 is 0 Å². The van der Waals surface area contributed by atoms with Crippen LogP contribution in [-0.4, -0.2) is 6.21 Å². The fourth-order valence-electron chi connectivity index (χ4n) is 6.66. The van der Waals surface area contributed by atoms with Gasteiger partial charge in [0.2, 0.25) is 0 Å². The smallest absolute Gasteiger partial charge is 0.144 e. The van der Waals surface area contributed by atoms with Crippen LogP contribution in [0.25, 0.3) is 39.1 Å². The minimum absolute atomic E-state index is 0.0808. The molecule has 0 fully saturated rings. The van der Waals surface area contributed by atoms with Gasteiger partial charge in [0, 0.05) is 23.7 Å². The van der Waals surface area contributed by atoms with Crippen LogP contribution >= 0.6 is 0 Å². The van der Waals surface area contributed by atoms with E-state index in [4.69, 9.17) is 0 Å². The number of hydrogen-bond donors (Lipinski definition) is 1. The van der Waals surface area contributed by atoms with Gasteiger partial charge < -0.3 is 5.32 Å². The zero-order valence-electron chi connectivity index (χ0n) is 23.2. The van der Waals surface area contributed by atoms with Crippen LogP contribution in [0.1, 0.15) is 17.3 Å². The average molecular weight is 539 g/mol. The molecule has 3 unspecified atom stereocenters. The maximum absolute atomic E-state index is 4.65. The van der Waals surface area contributed by atoms with Crippen molar-refractivity contribution in [2.75, 3.05) is 0 Å². The van der Waals surface area contributed by atoms with Crippen molar-refractivity contribution in [1.29, 1.82) is 0 Å². The Morgan fingerprint density at radius 3 is 1.86 bits per heavy atom. The molecule has 8 rings (SSSR count). The van der Waals surface area contributed by atoms with Crippen LogP contribution < -0.4 is 15.8 Å². The topological polar surface area (TPSA) is 24.4 Å². The van der Waals surface area contributed by atoms with Crippen LogP contribution in [0.2, 0.25) is 0 Å². The van der Waals surface area contributed by atoms with E-state index in [2.05, 4.69) is 156 Å². The molecule has 0 aromatic heterocycles. The van der Waals surface area contributed by atoms with Gasteiger partial charge in [0.15, 0.2) is 0 Å². The lowest BCUT2D eigenvalue weighted by Gasteiger charge is -2.31. The van der Waals surface area contributed by atoms with E-state index in [1.165, 1.54) is 43.8 Å². The molecular formula is C40H30N2. The third kappa shape index (κ3) is 4.33. The molecule has 1 N–H and O–H groups in total. The first-order valence-electron chi connectivity index (χ1n) is 14.7. The number of benzene rings is 4. The molecule has 3 atom stereocenters. The van der Waals surface area contributed by atoms with E-state index in [9.17, 15) is 0 Å². The monoisotopic (exact) mass is 538 g/mol. The summed E-state index contributed by atoms with van der Waals surface area (Å²) in [5.74, 6) is 0.792. The van der Waals surface area contributed by atoms with Crippen LogP contribution in [0, 0.1) is 11.8 Å². The van der Waals surface area contributed by atoms with E-state index in [1.807, 2.05) is 12.3 Å². The number of nitrogens with zero attached hydrogens (tertiary/aromatic N) is 1. The normalized spacial score (nSPS) is 21.3. The van der Waals surface area contributed by atoms with E-state index in [-0.39, 0.29) is 6.17 Å². The highest BCUT2D eigenvalue weighted by Crippen LogP contribution is 2.37. The summed E-state index contributed by atoms with van der Waals surface area (Å²) in [6, 6.07) is 35.1. The molecular weight excluding hydrogens is 508 g/mol. The average Bonchev–Trinajstić information content (AvgIpc) is 3.09.